The summed E-state index contributed by atoms with van der Waals surface area (Å²) >= 11 is 0. The first-order valence-corrected chi connectivity index (χ1v) is 7.73. The highest BCUT2D eigenvalue weighted by Crippen LogP contribution is 2.19. The molecule has 2 aromatic rings. The van der Waals surface area contributed by atoms with Crippen LogP contribution in [0.1, 0.15) is 5.56 Å². The summed E-state index contributed by atoms with van der Waals surface area (Å²) in [5.74, 6) is 0.702. The Bertz CT molecular complexity index is 670. The fourth-order valence-electron chi connectivity index (χ4n) is 2.49. The molecule has 0 radical (unpaired) electrons. The van der Waals surface area contributed by atoms with Gasteiger partial charge in [0.2, 0.25) is 5.91 Å². The van der Waals surface area contributed by atoms with Crippen molar-refractivity contribution in [3.63, 3.8) is 0 Å². The minimum absolute atomic E-state index is 0.0571. The van der Waals surface area contributed by atoms with E-state index in [0.29, 0.717) is 32.1 Å². The fourth-order valence-corrected chi connectivity index (χ4v) is 2.49. The van der Waals surface area contributed by atoms with E-state index in [1.165, 1.54) is 0 Å². The number of carbonyl (C=O) groups excluding carboxylic acids is 1. The van der Waals surface area contributed by atoms with Crippen molar-refractivity contribution in [2.45, 2.75) is 6.92 Å². The number of ether oxygens (including phenoxy) is 1. The molecule has 0 aliphatic carbocycles. The van der Waals surface area contributed by atoms with Crippen molar-refractivity contribution in [1.82, 2.24) is 15.1 Å². The predicted octanol–water partition coefficient (Wildman–Crippen LogP) is 1.72. The Hall–Kier alpha value is -2.47. The summed E-state index contributed by atoms with van der Waals surface area (Å²) < 4.78 is 5.25. The van der Waals surface area contributed by atoms with Gasteiger partial charge in [0.1, 0.15) is 0 Å². The highest BCUT2D eigenvalue weighted by molar-refractivity contribution is 5.81. The average molecular weight is 312 g/mol. The van der Waals surface area contributed by atoms with E-state index in [-0.39, 0.29) is 12.5 Å². The number of aryl methyl sites for hydroxylation is 1. The molecule has 3 rings (SSSR count). The van der Waals surface area contributed by atoms with Crippen LogP contribution in [0.2, 0.25) is 0 Å². The van der Waals surface area contributed by atoms with Gasteiger partial charge < -0.3 is 15.0 Å². The van der Waals surface area contributed by atoms with Crippen LogP contribution in [0.25, 0.3) is 11.3 Å². The number of nitrogens with zero attached hydrogens (tertiary/aromatic N) is 3. The third-order valence-corrected chi connectivity index (χ3v) is 3.82. The van der Waals surface area contributed by atoms with Crippen LogP contribution in [-0.2, 0) is 9.53 Å². The van der Waals surface area contributed by atoms with Gasteiger partial charge in [0.05, 0.1) is 25.5 Å². The minimum atomic E-state index is 0.0571. The molecule has 1 N–H and O–H groups in total. The lowest BCUT2D eigenvalue weighted by Crippen LogP contribution is -2.43. The molecule has 6 nitrogen and oxygen atoms in total. The molecule has 1 aromatic carbocycles. The minimum Gasteiger partial charge on any atom is -0.378 e. The molecule has 1 aromatic heterocycles. The second-order valence-corrected chi connectivity index (χ2v) is 5.47. The van der Waals surface area contributed by atoms with Crippen LogP contribution in [0.5, 0.6) is 0 Å². The molecule has 1 fully saturated rings. The second kappa shape index (κ2) is 7.19. The summed E-state index contributed by atoms with van der Waals surface area (Å²) in [4.78, 5) is 13.9. The molecule has 0 saturated carbocycles. The van der Waals surface area contributed by atoms with Crippen molar-refractivity contribution < 1.29 is 9.53 Å². The topological polar surface area (TPSA) is 67.4 Å². The van der Waals surface area contributed by atoms with Gasteiger partial charge in [-0.3, -0.25) is 4.79 Å². The first-order valence-electron chi connectivity index (χ1n) is 7.73. The fraction of sp³-hybridized carbons (Fsp3) is 0.353. The van der Waals surface area contributed by atoms with Crippen LogP contribution >= 0.6 is 0 Å². The molecule has 1 amide bonds. The van der Waals surface area contributed by atoms with Gasteiger partial charge in [-0.05, 0) is 18.6 Å². The number of hydrogen-bond acceptors (Lipinski definition) is 5. The van der Waals surface area contributed by atoms with E-state index in [1.807, 2.05) is 43.3 Å². The Balaban J connectivity index is 1.63. The molecule has 0 unspecified atom stereocenters. The first-order chi connectivity index (χ1) is 11.2. The number of nitrogens with one attached hydrogen (secondary N) is 1. The van der Waals surface area contributed by atoms with Crippen LogP contribution in [0.15, 0.2) is 36.4 Å². The number of hydrogen-bond donors (Lipinski definition) is 1. The molecular formula is C17H20N4O2. The van der Waals surface area contributed by atoms with E-state index in [1.54, 1.807) is 4.90 Å². The van der Waals surface area contributed by atoms with Gasteiger partial charge in [-0.25, -0.2) is 0 Å². The molecule has 0 bridgehead atoms. The molecule has 2 heterocycles. The van der Waals surface area contributed by atoms with Gasteiger partial charge in [-0.15, -0.1) is 10.2 Å². The summed E-state index contributed by atoms with van der Waals surface area (Å²) in [5, 5.41) is 11.5. The number of benzene rings is 1. The molecule has 0 atom stereocenters. The molecular weight excluding hydrogens is 292 g/mol. The summed E-state index contributed by atoms with van der Waals surface area (Å²) in [5.41, 5.74) is 2.82. The van der Waals surface area contributed by atoms with Crippen LogP contribution in [0, 0.1) is 6.92 Å². The standard InChI is InChI=1S/C17H20N4O2/c1-13-11-15(14-5-3-2-4-6-14)19-20-17(13)18-12-16(22)21-7-9-23-10-8-21/h2-6,11H,7-10,12H2,1H3,(H,18,20). The molecule has 1 aliphatic heterocycles. The second-order valence-electron chi connectivity index (χ2n) is 5.47. The zero-order chi connectivity index (χ0) is 16.1. The van der Waals surface area contributed by atoms with Crippen molar-refractivity contribution in [2.24, 2.45) is 0 Å². The van der Waals surface area contributed by atoms with E-state index in [0.717, 1.165) is 16.8 Å². The quantitative estimate of drug-likeness (QED) is 0.931. The van der Waals surface area contributed by atoms with Gasteiger partial charge in [0.15, 0.2) is 5.82 Å². The van der Waals surface area contributed by atoms with Crippen LogP contribution in [0.4, 0.5) is 5.82 Å². The smallest absolute Gasteiger partial charge is 0.242 e. The lowest BCUT2D eigenvalue weighted by Gasteiger charge is -2.27. The lowest BCUT2D eigenvalue weighted by molar-refractivity contribution is -0.133. The largest absolute Gasteiger partial charge is 0.378 e. The molecule has 1 saturated heterocycles. The van der Waals surface area contributed by atoms with Crippen LogP contribution < -0.4 is 5.32 Å². The zero-order valence-electron chi connectivity index (χ0n) is 13.2. The van der Waals surface area contributed by atoms with Crippen molar-refractivity contribution in [1.29, 1.82) is 0 Å². The molecule has 0 spiro atoms. The highest BCUT2D eigenvalue weighted by Gasteiger charge is 2.16. The van der Waals surface area contributed by atoms with Gasteiger partial charge >= 0.3 is 0 Å². The highest BCUT2D eigenvalue weighted by atomic mass is 16.5. The SMILES string of the molecule is Cc1cc(-c2ccccc2)nnc1NCC(=O)N1CCOCC1. The normalized spacial score (nSPS) is 14.6. The maximum atomic E-state index is 12.1. The number of morpholine rings is 1. The Kier molecular flexibility index (Phi) is 4.83. The van der Waals surface area contributed by atoms with E-state index >= 15 is 0 Å². The van der Waals surface area contributed by atoms with Crippen LogP contribution in [-0.4, -0.2) is 53.9 Å². The van der Waals surface area contributed by atoms with Crippen molar-refractivity contribution >= 4 is 11.7 Å². The molecule has 120 valence electrons. The van der Waals surface area contributed by atoms with Crippen LogP contribution in [0.3, 0.4) is 0 Å². The van der Waals surface area contributed by atoms with E-state index < -0.39 is 0 Å². The number of anilines is 1. The van der Waals surface area contributed by atoms with Gasteiger partial charge in [0.25, 0.3) is 0 Å². The first kappa shape index (κ1) is 15.4. The average Bonchev–Trinajstić information content (AvgIpc) is 2.62. The monoisotopic (exact) mass is 312 g/mol. The Morgan fingerprint density at radius 2 is 1.96 bits per heavy atom. The number of carbonyl (C=O) groups is 1. The van der Waals surface area contributed by atoms with Gasteiger partial charge in [-0.2, -0.15) is 0 Å². The molecule has 1 aliphatic rings. The predicted molar refractivity (Wildman–Crippen MR) is 88.1 cm³/mol. The van der Waals surface area contributed by atoms with E-state index in [4.69, 9.17) is 4.74 Å². The Labute approximate surface area is 135 Å². The Morgan fingerprint density at radius 3 is 2.65 bits per heavy atom. The van der Waals surface area contributed by atoms with E-state index in [9.17, 15) is 4.79 Å². The zero-order valence-corrected chi connectivity index (χ0v) is 13.2. The lowest BCUT2D eigenvalue weighted by atomic mass is 10.1. The third-order valence-electron chi connectivity index (χ3n) is 3.82. The number of aromatic nitrogens is 2. The van der Waals surface area contributed by atoms with Crippen molar-refractivity contribution in [3.8, 4) is 11.3 Å². The maximum Gasteiger partial charge on any atom is 0.242 e. The summed E-state index contributed by atoms with van der Waals surface area (Å²) in [7, 11) is 0. The summed E-state index contributed by atoms with van der Waals surface area (Å²) in [6.45, 7) is 4.70. The number of amides is 1. The van der Waals surface area contributed by atoms with Gasteiger partial charge in [0, 0.05) is 18.7 Å². The third kappa shape index (κ3) is 3.84. The molecule has 6 heteroatoms. The Morgan fingerprint density at radius 1 is 1.22 bits per heavy atom. The van der Waals surface area contributed by atoms with Crippen molar-refractivity contribution in [2.75, 3.05) is 38.2 Å². The summed E-state index contributed by atoms with van der Waals surface area (Å²) in [6, 6.07) is 11.9. The van der Waals surface area contributed by atoms with E-state index in [2.05, 4.69) is 15.5 Å². The van der Waals surface area contributed by atoms with Gasteiger partial charge in [-0.1, -0.05) is 30.3 Å². The van der Waals surface area contributed by atoms with Crippen molar-refractivity contribution in [3.05, 3.63) is 42.0 Å². The maximum absolute atomic E-state index is 12.1. The number of rotatable bonds is 4. The summed E-state index contributed by atoms with van der Waals surface area (Å²) in [6.07, 6.45) is 0. The molecule has 23 heavy (non-hydrogen) atoms.